The zero-order valence-electron chi connectivity index (χ0n) is 17.8. The van der Waals surface area contributed by atoms with Crippen molar-refractivity contribution < 1.29 is 14.0 Å². The number of halogens is 1. The molecule has 0 spiro atoms. The van der Waals surface area contributed by atoms with Gasteiger partial charge < -0.3 is 15.1 Å². The van der Waals surface area contributed by atoms with Gasteiger partial charge in [0.15, 0.2) is 0 Å². The lowest BCUT2D eigenvalue weighted by Crippen LogP contribution is -2.49. The summed E-state index contributed by atoms with van der Waals surface area (Å²) in [5.41, 5.74) is 2.85. The Hall–Kier alpha value is -3.58. The molecule has 2 aliphatic heterocycles. The number of thioether (sulfide) groups is 1. The van der Waals surface area contributed by atoms with Gasteiger partial charge in [0.25, 0.3) is 11.8 Å². The van der Waals surface area contributed by atoms with Gasteiger partial charge in [0.2, 0.25) is 0 Å². The first-order valence-electron chi connectivity index (χ1n) is 10.8. The second kappa shape index (κ2) is 9.11. The van der Waals surface area contributed by atoms with Crippen LogP contribution in [0.15, 0.2) is 82.6 Å². The highest BCUT2D eigenvalue weighted by molar-refractivity contribution is 8.04. The molecule has 3 aromatic carbocycles. The van der Waals surface area contributed by atoms with Crippen LogP contribution in [0.4, 0.5) is 15.8 Å². The molecule has 0 unspecified atom stereocenters. The summed E-state index contributed by atoms with van der Waals surface area (Å²) in [7, 11) is 0. The minimum Gasteiger partial charge on any atom is -0.366 e. The van der Waals surface area contributed by atoms with Crippen molar-refractivity contribution in [3.8, 4) is 0 Å². The van der Waals surface area contributed by atoms with E-state index in [0.29, 0.717) is 42.3 Å². The van der Waals surface area contributed by atoms with Gasteiger partial charge in [0, 0.05) is 36.6 Å². The Morgan fingerprint density at radius 3 is 2.36 bits per heavy atom. The van der Waals surface area contributed by atoms with Crippen molar-refractivity contribution >= 4 is 41.0 Å². The van der Waals surface area contributed by atoms with Crippen molar-refractivity contribution in [3.05, 3.63) is 94.6 Å². The maximum atomic E-state index is 14.0. The highest BCUT2D eigenvalue weighted by Crippen LogP contribution is 2.38. The third-order valence-electron chi connectivity index (χ3n) is 5.79. The smallest absolute Gasteiger partial charge is 0.262 e. The Morgan fingerprint density at radius 2 is 1.61 bits per heavy atom. The second-order valence-electron chi connectivity index (χ2n) is 7.91. The van der Waals surface area contributed by atoms with Gasteiger partial charge in [-0.25, -0.2) is 4.39 Å². The summed E-state index contributed by atoms with van der Waals surface area (Å²) >= 11 is 1.44. The monoisotopic (exact) mass is 459 g/mol. The van der Waals surface area contributed by atoms with Crippen LogP contribution in [0, 0.1) is 5.82 Å². The van der Waals surface area contributed by atoms with E-state index in [0.717, 1.165) is 16.1 Å². The van der Waals surface area contributed by atoms with E-state index in [2.05, 4.69) is 5.32 Å². The Kier molecular flexibility index (Phi) is 5.88. The third-order valence-corrected chi connectivity index (χ3v) is 6.89. The molecular weight excluding hydrogens is 437 g/mol. The molecule has 2 heterocycles. The summed E-state index contributed by atoms with van der Waals surface area (Å²) in [5, 5.41) is 2.91. The van der Waals surface area contributed by atoms with Crippen LogP contribution in [0.25, 0.3) is 6.08 Å². The van der Waals surface area contributed by atoms with Crippen LogP contribution in [0.3, 0.4) is 0 Å². The summed E-state index contributed by atoms with van der Waals surface area (Å²) in [5.74, 6) is -0.414. The Labute approximate surface area is 195 Å². The molecule has 3 aromatic rings. The minimum atomic E-state index is -0.240. The minimum absolute atomic E-state index is 0.0406. The summed E-state index contributed by atoms with van der Waals surface area (Å²) < 4.78 is 14.0. The zero-order valence-corrected chi connectivity index (χ0v) is 18.6. The Balaban J connectivity index is 1.24. The van der Waals surface area contributed by atoms with E-state index in [4.69, 9.17) is 0 Å². The highest BCUT2D eigenvalue weighted by Gasteiger charge is 2.24. The van der Waals surface area contributed by atoms with Crippen molar-refractivity contribution in [1.82, 2.24) is 4.90 Å². The number of nitrogens with one attached hydrogen (secondary N) is 1. The number of hydrogen-bond acceptors (Lipinski definition) is 4. The summed E-state index contributed by atoms with van der Waals surface area (Å²) in [6.45, 7) is 2.25. The number of carbonyl (C=O) groups is 2. The van der Waals surface area contributed by atoms with E-state index >= 15 is 0 Å². The van der Waals surface area contributed by atoms with E-state index < -0.39 is 0 Å². The summed E-state index contributed by atoms with van der Waals surface area (Å²) in [6.07, 6.45) is 1.83. The van der Waals surface area contributed by atoms with Crippen LogP contribution in [0.5, 0.6) is 0 Å². The number of piperazine rings is 1. The number of anilines is 2. The maximum absolute atomic E-state index is 14.0. The van der Waals surface area contributed by atoms with Gasteiger partial charge in [0.05, 0.1) is 16.3 Å². The number of para-hydroxylation sites is 2. The molecule has 1 fully saturated rings. The third kappa shape index (κ3) is 4.50. The number of rotatable bonds is 3. The average Bonchev–Trinajstić information content (AvgIpc) is 2.85. The van der Waals surface area contributed by atoms with Crippen LogP contribution in [-0.4, -0.2) is 42.9 Å². The molecule has 0 saturated carbocycles. The molecule has 1 N–H and O–H groups in total. The molecule has 5 rings (SSSR count). The molecule has 0 aromatic heterocycles. The van der Waals surface area contributed by atoms with Gasteiger partial charge in [-0.15, -0.1) is 0 Å². The SMILES string of the molecule is O=C1Nc2ccccc2S/C1=C/c1ccc(C(=O)N2CCN(c3ccccc3F)CC2)cc1. The van der Waals surface area contributed by atoms with Crippen LogP contribution < -0.4 is 10.2 Å². The number of nitrogens with zero attached hydrogens (tertiary/aromatic N) is 2. The normalized spacial score (nSPS) is 17.0. The van der Waals surface area contributed by atoms with Crippen molar-refractivity contribution in [2.45, 2.75) is 4.90 Å². The predicted octanol–water partition coefficient (Wildman–Crippen LogP) is 4.87. The van der Waals surface area contributed by atoms with Gasteiger partial charge >= 0.3 is 0 Å². The molecule has 0 radical (unpaired) electrons. The zero-order chi connectivity index (χ0) is 22.8. The molecule has 2 aliphatic rings. The van der Waals surface area contributed by atoms with Gasteiger partial charge in [-0.1, -0.05) is 48.2 Å². The topological polar surface area (TPSA) is 52.7 Å². The van der Waals surface area contributed by atoms with Crippen LogP contribution in [-0.2, 0) is 4.79 Å². The molecule has 1 saturated heterocycles. The molecule has 33 heavy (non-hydrogen) atoms. The van der Waals surface area contributed by atoms with Crippen LogP contribution >= 0.6 is 11.8 Å². The molecule has 2 amide bonds. The van der Waals surface area contributed by atoms with E-state index in [9.17, 15) is 14.0 Å². The fraction of sp³-hybridized carbons (Fsp3) is 0.154. The van der Waals surface area contributed by atoms with Crippen molar-refractivity contribution in [1.29, 1.82) is 0 Å². The molecule has 7 heteroatoms. The van der Waals surface area contributed by atoms with Crippen LogP contribution in [0.2, 0.25) is 0 Å². The lowest BCUT2D eigenvalue weighted by Gasteiger charge is -2.36. The molecule has 0 atom stereocenters. The first kappa shape index (κ1) is 21.3. The molecule has 0 bridgehead atoms. The molecule has 166 valence electrons. The Bertz CT molecular complexity index is 1230. The largest absolute Gasteiger partial charge is 0.366 e. The highest BCUT2D eigenvalue weighted by atomic mass is 32.2. The number of hydrogen-bond donors (Lipinski definition) is 1. The number of benzene rings is 3. The first-order chi connectivity index (χ1) is 16.1. The van der Waals surface area contributed by atoms with Crippen LogP contribution in [0.1, 0.15) is 15.9 Å². The van der Waals surface area contributed by atoms with Crippen molar-refractivity contribution in [3.63, 3.8) is 0 Å². The molecular formula is C26H22FN3O2S. The van der Waals surface area contributed by atoms with E-state index in [1.165, 1.54) is 17.8 Å². The number of fused-ring (bicyclic) bond motifs is 1. The molecule has 5 nitrogen and oxygen atoms in total. The molecule has 0 aliphatic carbocycles. The van der Waals surface area contributed by atoms with Gasteiger partial charge in [-0.05, 0) is 48.0 Å². The first-order valence-corrected chi connectivity index (χ1v) is 11.6. The number of amides is 2. The standard InChI is InChI=1S/C26H22FN3O2S/c27-20-5-1-3-7-22(20)29-13-15-30(16-14-29)26(32)19-11-9-18(10-12-19)17-24-25(31)28-21-6-2-4-8-23(21)33-24/h1-12,17H,13-16H2,(H,28,31)/b24-17+. The fourth-order valence-corrected chi connectivity index (χ4v) is 4.97. The maximum Gasteiger partial charge on any atom is 0.262 e. The average molecular weight is 460 g/mol. The fourth-order valence-electron chi connectivity index (χ4n) is 4.02. The van der Waals surface area contributed by atoms with Gasteiger partial charge in [0.1, 0.15) is 5.82 Å². The quantitative estimate of drug-likeness (QED) is 0.568. The lowest BCUT2D eigenvalue weighted by molar-refractivity contribution is -0.112. The predicted molar refractivity (Wildman–Crippen MR) is 130 cm³/mol. The summed E-state index contributed by atoms with van der Waals surface area (Å²) in [6, 6.07) is 21.7. The lowest BCUT2D eigenvalue weighted by atomic mass is 10.1. The van der Waals surface area contributed by atoms with E-state index in [-0.39, 0.29) is 17.6 Å². The van der Waals surface area contributed by atoms with Crippen molar-refractivity contribution in [2.75, 3.05) is 36.4 Å². The van der Waals surface area contributed by atoms with Gasteiger partial charge in [-0.2, -0.15) is 0 Å². The Morgan fingerprint density at radius 1 is 0.909 bits per heavy atom. The van der Waals surface area contributed by atoms with E-state index in [1.807, 2.05) is 53.4 Å². The van der Waals surface area contributed by atoms with Crippen molar-refractivity contribution in [2.24, 2.45) is 0 Å². The number of carbonyl (C=O) groups excluding carboxylic acids is 2. The van der Waals surface area contributed by atoms with E-state index in [1.54, 1.807) is 29.2 Å². The van der Waals surface area contributed by atoms with Gasteiger partial charge in [-0.3, -0.25) is 9.59 Å². The second-order valence-corrected chi connectivity index (χ2v) is 9.00. The summed E-state index contributed by atoms with van der Waals surface area (Å²) in [4.78, 5) is 30.7.